The fraction of sp³-hybridized carbons (Fsp3) is 0.750. The van der Waals surface area contributed by atoms with Gasteiger partial charge in [0.2, 0.25) is 0 Å². The molecule has 1 aliphatic heterocycles. The van der Waals surface area contributed by atoms with E-state index in [0.29, 0.717) is 5.41 Å². The van der Waals surface area contributed by atoms with Crippen LogP contribution in [-0.2, 0) is 6.54 Å². The average molecular weight is 239 g/mol. The summed E-state index contributed by atoms with van der Waals surface area (Å²) < 4.78 is 0. The molecule has 0 spiro atoms. The highest BCUT2D eigenvalue weighted by molar-refractivity contribution is 7.09. The summed E-state index contributed by atoms with van der Waals surface area (Å²) in [6.45, 7) is 6.74. The molecule has 4 heteroatoms. The third-order valence-corrected chi connectivity index (χ3v) is 4.17. The van der Waals surface area contributed by atoms with E-state index in [1.807, 2.05) is 11.7 Å². The predicted octanol–water partition coefficient (Wildman–Crippen LogP) is 2.01. The van der Waals surface area contributed by atoms with Crippen LogP contribution < -0.4 is 10.6 Å². The average Bonchev–Trinajstić information content (AvgIpc) is 2.90. The third kappa shape index (κ3) is 3.03. The van der Waals surface area contributed by atoms with Gasteiger partial charge in [-0.3, -0.25) is 4.98 Å². The van der Waals surface area contributed by atoms with Crippen molar-refractivity contribution in [2.24, 2.45) is 5.41 Å². The van der Waals surface area contributed by atoms with Crippen LogP contribution in [0.4, 0.5) is 0 Å². The minimum absolute atomic E-state index is 0.499. The molecular formula is C12H21N3S. The van der Waals surface area contributed by atoms with Gasteiger partial charge in [-0.2, -0.15) is 0 Å². The summed E-state index contributed by atoms with van der Waals surface area (Å²) in [5, 5.41) is 7.08. The molecule has 90 valence electrons. The number of hydrogen-bond donors (Lipinski definition) is 2. The quantitative estimate of drug-likeness (QED) is 0.797. The molecule has 1 aliphatic rings. The first-order valence-corrected chi connectivity index (χ1v) is 7.01. The molecule has 1 aromatic heterocycles. The second-order valence-electron chi connectivity index (χ2n) is 4.75. The van der Waals surface area contributed by atoms with Crippen LogP contribution in [0.25, 0.3) is 0 Å². The maximum absolute atomic E-state index is 4.09. The van der Waals surface area contributed by atoms with Gasteiger partial charge in [-0.05, 0) is 24.8 Å². The summed E-state index contributed by atoms with van der Waals surface area (Å²) in [4.78, 5) is 5.42. The Balaban J connectivity index is 1.78. The van der Waals surface area contributed by atoms with Crippen molar-refractivity contribution in [3.05, 3.63) is 16.6 Å². The Morgan fingerprint density at radius 2 is 2.56 bits per heavy atom. The molecule has 0 bridgehead atoms. The van der Waals surface area contributed by atoms with Gasteiger partial charge in [0.25, 0.3) is 0 Å². The Kier molecular flexibility index (Phi) is 4.32. The zero-order valence-electron chi connectivity index (χ0n) is 9.96. The number of hydrogen-bond acceptors (Lipinski definition) is 4. The van der Waals surface area contributed by atoms with Gasteiger partial charge in [0.15, 0.2) is 0 Å². The lowest BCUT2D eigenvalue weighted by Crippen LogP contribution is -2.35. The highest BCUT2D eigenvalue weighted by Crippen LogP contribution is 2.30. The minimum atomic E-state index is 0.499. The largest absolute Gasteiger partial charge is 0.316 e. The Morgan fingerprint density at radius 1 is 1.62 bits per heavy atom. The van der Waals surface area contributed by atoms with Crippen molar-refractivity contribution in [3.8, 4) is 0 Å². The smallest absolute Gasteiger partial charge is 0.0794 e. The molecule has 0 saturated carbocycles. The number of nitrogens with zero attached hydrogens (tertiary/aromatic N) is 1. The molecule has 16 heavy (non-hydrogen) atoms. The van der Waals surface area contributed by atoms with Crippen molar-refractivity contribution in [1.82, 2.24) is 15.6 Å². The van der Waals surface area contributed by atoms with Gasteiger partial charge in [0.1, 0.15) is 0 Å². The summed E-state index contributed by atoms with van der Waals surface area (Å²) >= 11 is 1.73. The van der Waals surface area contributed by atoms with Gasteiger partial charge < -0.3 is 10.6 Å². The summed E-state index contributed by atoms with van der Waals surface area (Å²) in [5.74, 6) is 0. The van der Waals surface area contributed by atoms with Crippen molar-refractivity contribution >= 4 is 11.3 Å². The predicted molar refractivity (Wildman–Crippen MR) is 68.6 cm³/mol. The zero-order valence-corrected chi connectivity index (χ0v) is 10.8. The molecule has 0 aliphatic carbocycles. The normalized spacial score (nSPS) is 25.1. The van der Waals surface area contributed by atoms with Crippen LogP contribution in [0.3, 0.4) is 0 Å². The minimum Gasteiger partial charge on any atom is -0.316 e. The number of rotatable bonds is 6. The standard InChI is InChI=1S/C12H21N3S/c1-2-3-12(4-5-13-8-12)9-14-6-11-7-15-10-16-11/h7,10,13-14H,2-6,8-9H2,1H3. The fourth-order valence-electron chi connectivity index (χ4n) is 2.56. The fourth-order valence-corrected chi connectivity index (χ4v) is 3.12. The van der Waals surface area contributed by atoms with Crippen LogP contribution in [-0.4, -0.2) is 24.6 Å². The van der Waals surface area contributed by atoms with E-state index in [1.165, 1.54) is 37.2 Å². The molecule has 3 nitrogen and oxygen atoms in total. The molecule has 0 radical (unpaired) electrons. The summed E-state index contributed by atoms with van der Waals surface area (Å²) in [6, 6.07) is 0. The Labute approximate surface area is 102 Å². The van der Waals surface area contributed by atoms with Crippen molar-refractivity contribution in [2.45, 2.75) is 32.7 Å². The lowest BCUT2D eigenvalue weighted by molar-refractivity contribution is 0.276. The van der Waals surface area contributed by atoms with E-state index in [9.17, 15) is 0 Å². The first-order valence-electron chi connectivity index (χ1n) is 6.13. The maximum Gasteiger partial charge on any atom is 0.0794 e. The molecular weight excluding hydrogens is 218 g/mol. The van der Waals surface area contributed by atoms with Crippen LogP contribution in [0.1, 0.15) is 31.1 Å². The molecule has 2 heterocycles. The van der Waals surface area contributed by atoms with Gasteiger partial charge in [-0.1, -0.05) is 13.3 Å². The van der Waals surface area contributed by atoms with Crippen molar-refractivity contribution in [1.29, 1.82) is 0 Å². The Hall–Kier alpha value is -0.450. The first kappa shape index (κ1) is 12.0. The van der Waals surface area contributed by atoms with E-state index < -0.39 is 0 Å². The highest BCUT2D eigenvalue weighted by atomic mass is 32.1. The molecule has 1 saturated heterocycles. The maximum atomic E-state index is 4.09. The van der Waals surface area contributed by atoms with Crippen LogP contribution in [0.5, 0.6) is 0 Å². The SMILES string of the molecule is CCCC1(CNCc2cncs2)CCNC1. The van der Waals surface area contributed by atoms with Gasteiger partial charge in [0.05, 0.1) is 5.51 Å². The van der Waals surface area contributed by atoms with Crippen molar-refractivity contribution in [3.63, 3.8) is 0 Å². The molecule has 2 rings (SSSR count). The number of nitrogens with one attached hydrogen (secondary N) is 2. The van der Waals surface area contributed by atoms with E-state index in [4.69, 9.17) is 0 Å². The van der Waals surface area contributed by atoms with Gasteiger partial charge in [-0.15, -0.1) is 11.3 Å². The number of thiazole rings is 1. The zero-order chi connectivity index (χ0) is 11.3. The van der Waals surface area contributed by atoms with Gasteiger partial charge in [0, 0.05) is 30.7 Å². The topological polar surface area (TPSA) is 37.0 Å². The second kappa shape index (κ2) is 5.75. The monoisotopic (exact) mass is 239 g/mol. The molecule has 1 atom stereocenters. The number of aromatic nitrogens is 1. The molecule has 0 amide bonds. The van der Waals surface area contributed by atoms with Crippen LogP contribution in [0.2, 0.25) is 0 Å². The third-order valence-electron chi connectivity index (χ3n) is 3.40. The van der Waals surface area contributed by atoms with E-state index in [2.05, 4.69) is 22.5 Å². The van der Waals surface area contributed by atoms with E-state index >= 15 is 0 Å². The van der Waals surface area contributed by atoms with Crippen LogP contribution >= 0.6 is 11.3 Å². The molecule has 0 aromatic carbocycles. The first-order chi connectivity index (χ1) is 7.85. The molecule has 2 N–H and O–H groups in total. The molecule has 1 aromatic rings. The van der Waals surface area contributed by atoms with Crippen molar-refractivity contribution < 1.29 is 0 Å². The van der Waals surface area contributed by atoms with Gasteiger partial charge in [-0.25, -0.2) is 0 Å². The summed E-state index contributed by atoms with van der Waals surface area (Å²) in [5.41, 5.74) is 2.40. The van der Waals surface area contributed by atoms with E-state index in [-0.39, 0.29) is 0 Å². The summed E-state index contributed by atoms with van der Waals surface area (Å²) in [6.07, 6.45) is 5.88. The second-order valence-corrected chi connectivity index (χ2v) is 5.72. The van der Waals surface area contributed by atoms with Crippen LogP contribution in [0, 0.1) is 5.41 Å². The highest BCUT2D eigenvalue weighted by Gasteiger charge is 2.32. The lowest BCUT2D eigenvalue weighted by atomic mass is 9.82. The van der Waals surface area contributed by atoms with Crippen molar-refractivity contribution in [2.75, 3.05) is 19.6 Å². The summed E-state index contributed by atoms with van der Waals surface area (Å²) in [7, 11) is 0. The van der Waals surface area contributed by atoms with Gasteiger partial charge >= 0.3 is 0 Å². The Bertz CT molecular complexity index is 291. The van der Waals surface area contributed by atoms with Crippen LogP contribution in [0.15, 0.2) is 11.7 Å². The molecule has 1 unspecified atom stereocenters. The lowest BCUT2D eigenvalue weighted by Gasteiger charge is -2.28. The van der Waals surface area contributed by atoms with E-state index in [1.54, 1.807) is 11.3 Å². The Morgan fingerprint density at radius 3 is 3.19 bits per heavy atom. The molecule has 1 fully saturated rings. The van der Waals surface area contributed by atoms with E-state index in [0.717, 1.165) is 13.1 Å².